The van der Waals surface area contributed by atoms with Crippen LogP contribution in [0.1, 0.15) is 43.1 Å². The number of amides is 1. The average molecular weight is 357 g/mol. The predicted octanol–water partition coefficient (Wildman–Crippen LogP) is 3.35. The Hall–Kier alpha value is -2.63. The highest BCUT2D eigenvalue weighted by molar-refractivity contribution is 5.94. The van der Waals surface area contributed by atoms with E-state index < -0.39 is 0 Å². The minimum absolute atomic E-state index is 0.121. The van der Waals surface area contributed by atoms with Gasteiger partial charge in [0, 0.05) is 7.05 Å². The monoisotopic (exact) mass is 357 g/mol. The number of hydrogen-bond donors (Lipinski definition) is 1. The summed E-state index contributed by atoms with van der Waals surface area (Å²) in [4.78, 5) is 24.8. The van der Waals surface area contributed by atoms with Crippen molar-refractivity contribution in [3.05, 3.63) is 47.3 Å². The molecule has 140 valence electrons. The fourth-order valence-corrected chi connectivity index (χ4v) is 2.95. The number of aromatic nitrogens is 2. The van der Waals surface area contributed by atoms with Crippen LogP contribution in [0.25, 0.3) is 0 Å². The van der Waals surface area contributed by atoms with Gasteiger partial charge in [0.2, 0.25) is 0 Å². The van der Waals surface area contributed by atoms with E-state index in [-0.39, 0.29) is 30.3 Å². The first-order valence-corrected chi connectivity index (χ1v) is 8.86. The molecular weight excluding hydrogens is 330 g/mol. The van der Waals surface area contributed by atoms with Crippen molar-refractivity contribution in [2.75, 3.05) is 11.9 Å². The van der Waals surface area contributed by atoms with Gasteiger partial charge in [-0.05, 0) is 25.3 Å². The Kier molecular flexibility index (Phi) is 6.55. The Labute approximate surface area is 154 Å². The van der Waals surface area contributed by atoms with Crippen LogP contribution in [-0.2, 0) is 21.4 Å². The van der Waals surface area contributed by atoms with E-state index in [1.807, 2.05) is 65.1 Å². The second kappa shape index (κ2) is 8.65. The number of rotatable bonds is 7. The number of benzene rings is 1. The summed E-state index contributed by atoms with van der Waals surface area (Å²) in [6.45, 7) is 7.43. The van der Waals surface area contributed by atoms with E-state index in [0.29, 0.717) is 5.69 Å². The van der Waals surface area contributed by atoms with Gasteiger partial charge in [-0.1, -0.05) is 50.6 Å². The number of aryl methyl sites for hydroxylation is 2. The molecule has 2 rings (SSSR count). The molecule has 1 heterocycles. The van der Waals surface area contributed by atoms with Gasteiger partial charge in [-0.25, -0.2) is 0 Å². The van der Waals surface area contributed by atoms with E-state index in [1.54, 1.807) is 4.68 Å². The molecule has 6 heteroatoms. The number of nitrogens with one attached hydrogen (secondary N) is 1. The fraction of sp³-hybridized carbons (Fsp3) is 0.450. The lowest BCUT2D eigenvalue weighted by Crippen LogP contribution is -2.27. The Balaban J connectivity index is 2.02. The predicted molar refractivity (Wildman–Crippen MR) is 101 cm³/mol. The number of esters is 1. The van der Waals surface area contributed by atoms with Crippen LogP contribution in [-0.4, -0.2) is 28.3 Å². The van der Waals surface area contributed by atoms with E-state index >= 15 is 0 Å². The molecule has 26 heavy (non-hydrogen) atoms. The zero-order valence-electron chi connectivity index (χ0n) is 16.1. The first kappa shape index (κ1) is 19.7. The van der Waals surface area contributed by atoms with Crippen LogP contribution in [0.2, 0.25) is 0 Å². The van der Waals surface area contributed by atoms with Crippen molar-refractivity contribution >= 4 is 17.6 Å². The smallest absolute Gasteiger partial charge is 0.314 e. The SMILES string of the molecule is CC[C@@H](C)[C@@H](C(=O)OCC(=O)Nc1c(C)nn(C)c1C)c1ccccc1. The van der Waals surface area contributed by atoms with Gasteiger partial charge in [0.15, 0.2) is 6.61 Å². The number of nitrogens with zero attached hydrogens (tertiary/aromatic N) is 2. The first-order chi connectivity index (χ1) is 12.3. The van der Waals surface area contributed by atoms with Crippen LogP contribution in [0.5, 0.6) is 0 Å². The highest BCUT2D eigenvalue weighted by Crippen LogP contribution is 2.28. The van der Waals surface area contributed by atoms with Gasteiger partial charge in [0.1, 0.15) is 0 Å². The summed E-state index contributed by atoms with van der Waals surface area (Å²) in [5.74, 6) is -1.000. The van der Waals surface area contributed by atoms with Crippen molar-refractivity contribution < 1.29 is 14.3 Å². The van der Waals surface area contributed by atoms with Crippen molar-refractivity contribution in [2.24, 2.45) is 13.0 Å². The molecule has 0 unspecified atom stereocenters. The molecule has 1 aromatic carbocycles. The van der Waals surface area contributed by atoms with Gasteiger partial charge < -0.3 is 10.1 Å². The third-order valence-corrected chi connectivity index (χ3v) is 4.74. The van der Waals surface area contributed by atoms with Crippen LogP contribution in [0, 0.1) is 19.8 Å². The summed E-state index contributed by atoms with van der Waals surface area (Å²) in [5, 5.41) is 7.03. The molecule has 0 bridgehead atoms. The van der Waals surface area contributed by atoms with E-state index in [0.717, 1.165) is 23.4 Å². The summed E-state index contributed by atoms with van der Waals surface area (Å²) in [7, 11) is 1.81. The molecule has 0 fully saturated rings. The molecule has 0 aliphatic carbocycles. The van der Waals surface area contributed by atoms with Crippen LogP contribution in [0.4, 0.5) is 5.69 Å². The van der Waals surface area contributed by atoms with E-state index in [1.165, 1.54) is 0 Å². The summed E-state index contributed by atoms with van der Waals surface area (Å²) in [6, 6.07) is 9.55. The Morgan fingerprint density at radius 3 is 2.42 bits per heavy atom. The van der Waals surface area contributed by atoms with Crippen LogP contribution < -0.4 is 5.32 Å². The number of carbonyl (C=O) groups is 2. The molecule has 6 nitrogen and oxygen atoms in total. The zero-order valence-corrected chi connectivity index (χ0v) is 16.1. The number of ether oxygens (including phenoxy) is 1. The molecule has 0 radical (unpaired) electrons. The topological polar surface area (TPSA) is 73.2 Å². The fourth-order valence-electron chi connectivity index (χ4n) is 2.95. The summed E-state index contributed by atoms with van der Waals surface area (Å²) < 4.78 is 7.02. The largest absolute Gasteiger partial charge is 0.455 e. The Morgan fingerprint density at radius 2 is 1.88 bits per heavy atom. The molecular formula is C20H27N3O3. The average Bonchev–Trinajstić information content (AvgIpc) is 2.87. The molecule has 0 spiro atoms. The van der Waals surface area contributed by atoms with Gasteiger partial charge in [-0.15, -0.1) is 0 Å². The lowest BCUT2D eigenvalue weighted by Gasteiger charge is -2.21. The summed E-state index contributed by atoms with van der Waals surface area (Å²) >= 11 is 0. The van der Waals surface area contributed by atoms with Gasteiger partial charge >= 0.3 is 5.97 Å². The maximum absolute atomic E-state index is 12.6. The first-order valence-electron chi connectivity index (χ1n) is 8.86. The molecule has 0 saturated heterocycles. The van der Waals surface area contributed by atoms with Gasteiger partial charge in [-0.3, -0.25) is 14.3 Å². The zero-order chi connectivity index (χ0) is 19.3. The van der Waals surface area contributed by atoms with Crippen LogP contribution in [0.15, 0.2) is 30.3 Å². The van der Waals surface area contributed by atoms with Gasteiger partial charge in [-0.2, -0.15) is 5.10 Å². The van der Waals surface area contributed by atoms with Crippen molar-refractivity contribution in [2.45, 2.75) is 40.0 Å². The maximum Gasteiger partial charge on any atom is 0.314 e. The van der Waals surface area contributed by atoms with E-state index in [4.69, 9.17) is 4.74 Å². The molecule has 1 aromatic heterocycles. The normalized spacial score (nSPS) is 13.1. The molecule has 2 aromatic rings. The Morgan fingerprint density at radius 1 is 1.23 bits per heavy atom. The minimum atomic E-state index is -0.379. The third kappa shape index (κ3) is 4.50. The van der Waals surface area contributed by atoms with E-state index in [9.17, 15) is 9.59 Å². The third-order valence-electron chi connectivity index (χ3n) is 4.74. The van der Waals surface area contributed by atoms with Gasteiger partial charge in [0.25, 0.3) is 5.91 Å². The van der Waals surface area contributed by atoms with Crippen molar-refractivity contribution in [3.63, 3.8) is 0 Å². The van der Waals surface area contributed by atoms with Crippen LogP contribution in [0.3, 0.4) is 0 Å². The molecule has 1 N–H and O–H groups in total. The number of hydrogen-bond acceptors (Lipinski definition) is 4. The second-order valence-electron chi connectivity index (χ2n) is 6.60. The quantitative estimate of drug-likeness (QED) is 0.771. The molecule has 0 aliphatic heterocycles. The molecule has 1 amide bonds. The summed E-state index contributed by atoms with van der Waals surface area (Å²) in [5.41, 5.74) is 3.15. The summed E-state index contributed by atoms with van der Waals surface area (Å²) in [6.07, 6.45) is 0.842. The lowest BCUT2D eigenvalue weighted by molar-refractivity contribution is -0.150. The highest BCUT2D eigenvalue weighted by Gasteiger charge is 2.28. The van der Waals surface area contributed by atoms with Crippen molar-refractivity contribution in [1.29, 1.82) is 0 Å². The van der Waals surface area contributed by atoms with E-state index in [2.05, 4.69) is 10.4 Å². The second-order valence-corrected chi connectivity index (χ2v) is 6.60. The van der Waals surface area contributed by atoms with Crippen molar-refractivity contribution in [3.8, 4) is 0 Å². The van der Waals surface area contributed by atoms with Crippen molar-refractivity contribution in [1.82, 2.24) is 9.78 Å². The lowest BCUT2D eigenvalue weighted by atomic mass is 9.86. The highest BCUT2D eigenvalue weighted by atomic mass is 16.5. The number of carbonyl (C=O) groups excluding carboxylic acids is 2. The minimum Gasteiger partial charge on any atom is -0.455 e. The number of anilines is 1. The maximum atomic E-state index is 12.6. The van der Waals surface area contributed by atoms with Crippen LogP contribution >= 0.6 is 0 Å². The molecule has 0 saturated carbocycles. The van der Waals surface area contributed by atoms with Gasteiger partial charge in [0.05, 0.1) is 23.0 Å². The standard InChI is InChI=1S/C20H27N3O3/c1-6-13(2)18(16-10-8-7-9-11-16)20(25)26-12-17(24)21-19-14(3)22-23(5)15(19)4/h7-11,13,18H,6,12H2,1-5H3,(H,21,24)/t13-,18-/m1/s1. The molecule has 2 atom stereocenters. The Bertz CT molecular complexity index is 768. The molecule has 0 aliphatic rings.